The van der Waals surface area contributed by atoms with E-state index >= 15 is 0 Å². The van der Waals surface area contributed by atoms with Crippen LogP contribution >= 0.6 is 0 Å². The molecular formula is C8H15NO2. The molecule has 64 valence electrons. The molecule has 3 heteroatoms. The molecule has 0 spiro atoms. The Kier molecular flexibility index (Phi) is 2.41. The van der Waals surface area contributed by atoms with E-state index in [1.807, 2.05) is 0 Å². The molecule has 2 heterocycles. The van der Waals surface area contributed by atoms with Crippen molar-refractivity contribution in [2.45, 2.75) is 12.5 Å². The van der Waals surface area contributed by atoms with Crippen molar-refractivity contribution in [3.8, 4) is 0 Å². The summed E-state index contributed by atoms with van der Waals surface area (Å²) in [5, 5.41) is 3.33. The van der Waals surface area contributed by atoms with Crippen molar-refractivity contribution >= 4 is 0 Å². The third kappa shape index (κ3) is 1.72. The lowest BCUT2D eigenvalue weighted by Gasteiger charge is -2.27. The van der Waals surface area contributed by atoms with Gasteiger partial charge in [0.1, 0.15) is 0 Å². The third-order valence-corrected chi connectivity index (χ3v) is 2.45. The molecule has 2 atom stereocenters. The molecule has 0 aromatic carbocycles. The van der Waals surface area contributed by atoms with Crippen LogP contribution in [0.25, 0.3) is 0 Å². The number of ether oxygens (including phenoxy) is 2. The first kappa shape index (κ1) is 7.53. The molecule has 0 saturated carbocycles. The average molecular weight is 157 g/mol. The first-order chi connectivity index (χ1) is 5.47. The topological polar surface area (TPSA) is 30.5 Å². The summed E-state index contributed by atoms with van der Waals surface area (Å²) < 4.78 is 10.9. The molecule has 2 fully saturated rings. The second-order valence-corrected chi connectivity index (χ2v) is 3.24. The van der Waals surface area contributed by atoms with Gasteiger partial charge in [0.05, 0.1) is 19.3 Å². The highest BCUT2D eigenvalue weighted by Gasteiger charge is 2.27. The second kappa shape index (κ2) is 3.52. The Labute approximate surface area is 67.1 Å². The van der Waals surface area contributed by atoms with E-state index < -0.39 is 0 Å². The molecule has 11 heavy (non-hydrogen) atoms. The highest BCUT2D eigenvalue weighted by Crippen LogP contribution is 2.19. The van der Waals surface area contributed by atoms with E-state index in [0.29, 0.717) is 12.0 Å². The van der Waals surface area contributed by atoms with Crippen LogP contribution in [0.5, 0.6) is 0 Å². The lowest BCUT2D eigenvalue weighted by atomic mass is 10.0. The number of nitrogens with one attached hydrogen (secondary N) is 1. The smallest absolute Gasteiger partial charge is 0.0751 e. The second-order valence-electron chi connectivity index (χ2n) is 3.24. The molecule has 0 amide bonds. The molecular weight excluding hydrogens is 142 g/mol. The van der Waals surface area contributed by atoms with Gasteiger partial charge in [-0.3, -0.25) is 0 Å². The molecule has 0 aromatic rings. The minimum atomic E-state index is 0.409. The SMILES string of the molecule is C1CO[C@H]([C@@H]2CCOC2)CN1. The maximum absolute atomic E-state index is 5.62. The Morgan fingerprint density at radius 2 is 2.27 bits per heavy atom. The van der Waals surface area contributed by atoms with Crippen LogP contribution in [0.2, 0.25) is 0 Å². The van der Waals surface area contributed by atoms with Gasteiger partial charge in [0.25, 0.3) is 0 Å². The molecule has 2 rings (SSSR count). The van der Waals surface area contributed by atoms with Crippen LogP contribution in [-0.4, -0.2) is 39.0 Å². The highest BCUT2D eigenvalue weighted by atomic mass is 16.5. The fourth-order valence-corrected chi connectivity index (χ4v) is 1.73. The first-order valence-electron chi connectivity index (χ1n) is 4.37. The van der Waals surface area contributed by atoms with Crippen LogP contribution in [-0.2, 0) is 9.47 Å². The Balaban J connectivity index is 1.82. The van der Waals surface area contributed by atoms with Gasteiger partial charge in [0, 0.05) is 25.6 Å². The molecule has 0 radical (unpaired) electrons. The summed E-state index contributed by atoms with van der Waals surface area (Å²) in [6, 6.07) is 0. The van der Waals surface area contributed by atoms with Crippen molar-refractivity contribution in [1.82, 2.24) is 5.32 Å². The van der Waals surface area contributed by atoms with Crippen molar-refractivity contribution in [1.29, 1.82) is 0 Å². The standard InChI is InChI=1S/C8H15NO2/c1-3-10-6-7(1)8-5-9-2-4-11-8/h7-9H,1-6H2/t7-,8+/m1/s1. The Morgan fingerprint density at radius 1 is 1.27 bits per heavy atom. The maximum Gasteiger partial charge on any atom is 0.0751 e. The normalized spacial score (nSPS) is 39.3. The van der Waals surface area contributed by atoms with Gasteiger partial charge in [-0.2, -0.15) is 0 Å². The van der Waals surface area contributed by atoms with Crippen LogP contribution in [0.3, 0.4) is 0 Å². The molecule has 2 aliphatic rings. The van der Waals surface area contributed by atoms with Crippen molar-refractivity contribution < 1.29 is 9.47 Å². The largest absolute Gasteiger partial charge is 0.381 e. The van der Waals surface area contributed by atoms with Gasteiger partial charge in [-0.25, -0.2) is 0 Å². The molecule has 0 unspecified atom stereocenters. The lowest BCUT2D eigenvalue weighted by Crippen LogP contribution is -2.42. The monoisotopic (exact) mass is 157 g/mol. The van der Waals surface area contributed by atoms with E-state index in [1.54, 1.807) is 0 Å². The van der Waals surface area contributed by atoms with Gasteiger partial charge in [-0.15, -0.1) is 0 Å². The zero-order valence-electron chi connectivity index (χ0n) is 6.71. The Morgan fingerprint density at radius 3 is 2.91 bits per heavy atom. The van der Waals surface area contributed by atoms with Gasteiger partial charge < -0.3 is 14.8 Å². The predicted octanol–water partition coefficient (Wildman–Crippen LogP) is 0.0113. The molecule has 0 bridgehead atoms. The summed E-state index contributed by atoms with van der Waals surface area (Å²) in [7, 11) is 0. The summed E-state index contributed by atoms with van der Waals surface area (Å²) in [5.74, 6) is 0.641. The van der Waals surface area contributed by atoms with Crippen LogP contribution in [0, 0.1) is 5.92 Å². The predicted molar refractivity (Wildman–Crippen MR) is 41.5 cm³/mol. The van der Waals surface area contributed by atoms with Crippen LogP contribution < -0.4 is 5.32 Å². The molecule has 3 nitrogen and oxygen atoms in total. The van der Waals surface area contributed by atoms with E-state index in [4.69, 9.17) is 9.47 Å². The van der Waals surface area contributed by atoms with E-state index in [0.717, 1.165) is 32.9 Å². The molecule has 1 N–H and O–H groups in total. The fourth-order valence-electron chi connectivity index (χ4n) is 1.73. The summed E-state index contributed by atoms with van der Waals surface area (Å²) in [4.78, 5) is 0. The Hall–Kier alpha value is -0.120. The van der Waals surface area contributed by atoms with Crippen molar-refractivity contribution in [2.24, 2.45) is 5.92 Å². The molecule has 0 aliphatic carbocycles. The van der Waals surface area contributed by atoms with E-state index in [1.165, 1.54) is 6.42 Å². The first-order valence-corrected chi connectivity index (χ1v) is 4.37. The summed E-state index contributed by atoms with van der Waals surface area (Å²) in [6.07, 6.45) is 1.58. The summed E-state index contributed by atoms with van der Waals surface area (Å²) >= 11 is 0. The minimum absolute atomic E-state index is 0.409. The third-order valence-electron chi connectivity index (χ3n) is 2.45. The van der Waals surface area contributed by atoms with Crippen LogP contribution in [0.4, 0.5) is 0 Å². The van der Waals surface area contributed by atoms with E-state index in [2.05, 4.69) is 5.32 Å². The summed E-state index contributed by atoms with van der Waals surface area (Å²) in [6.45, 7) is 4.69. The Bertz CT molecular complexity index is 117. The van der Waals surface area contributed by atoms with Gasteiger partial charge in [-0.1, -0.05) is 0 Å². The fraction of sp³-hybridized carbons (Fsp3) is 1.00. The maximum atomic E-state index is 5.62. The zero-order chi connectivity index (χ0) is 7.52. The van der Waals surface area contributed by atoms with E-state index in [9.17, 15) is 0 Å². The van der Waals surface area contributed by atoms with Crippen molar-refractivity contribution in [3.63, 3.8) is 0 Å². The molecule has 0 aromatic heterocycles. The van der Waals surface area contributed by atoms with Gasteiger partial charge in [-0.05, 0) is 6.42 Å². The van der Waals surface area contributed by atoms with Crippen molar-refractivity contribution in [2.75, 3.05) is 32.9 Å². The molecule has 2 aliphatic heterocycles. The van der Waals surface area contributed by atoms with Crippen LogP contribution in [0.15, 0.2) is 0 Å². The lowest BCUT2D eigenvalue weighted by molar-refractivity contribution is -0.0113. The van der Waals surface area contributed by atoms with Gasteiger partial charge >= 0.3 is 0 Å². The number of hydrogen-bond donors (Lipinski definition) is 1. The summed E-state index contributed by atoms with van der Waals surface area (Å²) in [5.41, 5.74) is 0. The minimum Gasteiger partial charge on any atom is -0.381 e. The van der Waals surface area contributed by atoms with Crippen LogP contribution in [0.1, 0.15) is 6.42 Å². The molecule has 2 saturated heterocycles. The van der Waals surface area contributed by atoms with Gasteiger partial charge in [0.15, 0.2) is 0 Å². The van der Waals surface area contributed by atoms with E-state index in [-0.39, 0.29) is 0 Å². The van der Waals surface area contributed by atoms with Gasteiger partial charge in [0.2, 0.25) is 0 Å². The highest BCUT2D eigenvalue weighted by molar-refractivity contribution is 4.78. The average Bonchev–Trinajstić information content (AvgIpc) is 2.58. The zero-order valence-corrected chi connectivity index (χ0v) is 6.71. The number of rotatable bonds is 1. The quantitative estimate of drug-likeness (QED) is 0.581. The number of hydrogen-bond acceptors (Lipinski definition) is 3. The van der Waals surface area contributed by atoms with Crippen molar-refractivity contribution in [3.05, 3.63) is 0 Å². The number of morpholine rings is 1.